The topological polar surface area (TPSA) is 68.3 Å². The first-order chi connectivity index (χ1) is 16.0. The Labute approximate surface area is 192 Å². The number of para-hydroxylation sites is 1. The largest absolute Gasteiger partial charge is 0.497 e. The summed E-state index contributed by atoms with van der Waals surface area (Å²) in [5, 5.41) is 1.65. The molecule has 0 aliphatic carbocycles. The quantitative estimate of drug-likeness (QED) is 0.553. The van der Waals surface area contributed by atoms with E-state index in [-0.39, 0.29) is 11.8 Å². The van der Waals surface area contributed by atoms with Crippen LogP contribution in [0.1, 0.15) is 17.2 Å². The van der Waals surface area contributed by atoms with Gasteiger partial charge in [-0.3, -0.25) is 14.4 Å². The number of ether oxygens (including phenoxy) is 2. The molecule has 0 bridgehead atoms. The van der Waals surface area contributed by atoms with Gasteiger partial charge in [-0.2, -0.15) is 0 Å². The summed E-state index contributed by atoms with van der Waals surface area (Å²) in [6.45, 7) is 1.92. The van der Waals surface area contributed by atoms with Crippen LogP contribution in [0.4, 0.5) is 11.4 Å². The minimum atomic E-state index is -0.945. The summed E-state index contributed by atoms with van der Waals surface area (Å²) in [6, 6.07) is 21.6. The molecule has 2 amide bonds. The molecule has 0 saturated carbocycles. The highest BCUT2D eigenvalue weighted by Crippen LogP contribution is 2.50. The van der Waals surface area contributed by atoms with E-state index in [1.807, 2.05) is 61.5 Å². The van der Waals surface area contributed by atoms with Crippen molar-refractivity contribution in [3.63, 3.8) is 0 Å². The minimum absolute atomic E-state index is 0.302. The van der Waals surface area contributed by atoms with Gasteiger partial charge in [0.2, 0.25) is 5.91 Å². The molecule has 3 atom stereocenters. The molecule has 3 aromatic carbocycles. The summed E-state index contributed by atoms with van der Waals surface area (Å²) in [6.07, 6.45) is -0.945. The van der Waals surface area contributed by atoms with Crippen LogP contribution in [0.15, 0.2) is 72.8 Å². The Bertz CT molecular complexity index is 1210. The number of anilines is 2. The van der Waals surface area contributed by atoms with Crippen LogP contribution in [-0.4, -0.2) is 32.1 Å². The van der Waals surface area contributed by atoms with Crippen LogP contribution in [0.5, 0.6) is 11.5 Å². The summed E-state index contributed by atoms with van der Waals surface area (Å²) in [5.41, 5.74) is 2.96. The van der Waals surface area contributed by atoms with Crippen molar-refractivity contribution < 1.29 is 23.9 Å². The van der Waals surface area contributed by atoms with Gasteiger partial charge >= 0.3 is 0 Å². The third kappa shape index (κ3) is 3.41. The molecule has 33 heavy (non-hydrogen) atoms. The number of carbonyl (C=O) groups is 2. The second kappa shape index (κ2) is 8.26. The van der Waals surface area contributed by atoms with Gasteiger partial charge in [0.15, 0.2) is 6.10 Å². The predicted octanol–water partition coefficient (Wildman–Crippen LogP) is 4.06. The van der Waals surface area contributed by atoms with Crippen LogP contribution in [0.2, 0.25) is 0 Å². The number of amides is 2. The van der Waals surface area contributed by atoms with Crippen LogP contribution in [-0.2, 0) is 14.4 Å². The molecule has 7 heteroatoms. The molecule has 168 valence electrons. The van der Waals surface area contributed by atoms with Crippen molar-refractivity contribution in [2.24, 2.45) is 5.92 Å². The molecule has 2 saturated heterocycles. The van der Waals surface area contributed by atoms with Crippen molar-refractivity contribution in [2.45, 2.75) is 19.1 Å². The van der Waals surface area contributed by atoms with Gasteiger partial charge in [0, 0.05) is 5.56 Å². The number of aryl methyl sites for hydroxylation is 1. The summed E-state index contributed by atoms with van der Waals surface area (Å²) in [4.78, 5) is 34.6. The predicted molar refractivity (Wildman–Crippen MR) is 123 cm³/mol. The average Bonchev–Trinajstić information content (AvgIpc) is 3.35. The lowest BCUT2D eigenvalue weighted by Gasteiger charge is -2.29. The number of fused-ring (bicyclic) bond motifs is 1. The lowest BCUT2D eigenvalue weighted by molar-refractivity contribution is -0.126. The smallest absolute Gasteiger partial charge is 0.266 e. The number of benzene rings is 3. The van der Waals surface area contributed by atoms with Gasteiger partial charge in [0.05, 0.1) is 25.6 Å². The molecule has 2 aliphatic rings. The molecule has 5 rings (SSSR count). The molecule has 2 aliphatic heterocycles. The van der Waals surface area contributed by atoms with E-state index in [1.54, 1.807) is 37.5 Å². The highest BCUT2D eigenvalue weighted by Gasteiger charge is 2.60. The first-order valence-corrected chi connectivity index (χ1v) is 10.7. The molecular weight excluding hydrogens is 420 g/mol. The number of carbonyl (C=O) groups excluding carboxylic acids is 2. The van der Waals surface area contributed by atoms with E-state index in [0.717, 1.165) is 11.3 Å². The van der Waals surface area contributed by atoms with E-state index in [9.17, 15) is 9.59 Å². The van der Waals surface area contributed by atoms with Gasteiger partial charge in [-0.25, -0.2) is 9.96 Å². The fraction of sp³-hybridized carbons (Fsp3) is 0.231. The number of hydrogen-bond acceptors (Lipinski definition) is 6. The van der Waals surface area contributed by atoms with Crippen LogP contribution in [0.25, 0.3) is 0 Å². The Morgan fingerprint density at radius 1 is 0.818 bits per heavy atom. The lowest BCUT2D eigenvalue weighted by Crippen LogP contribution is -2.37. The molecule has 0 spiro atoms. The van der Waals surface area contributed by atoms with Crippen molar-refractivity contribution >= 4 is 23.2 Å². The number of rotatable bonds is 5. The van der Waals surface area contributed by atoms with Gasteiger partial charge in [0.1, 0.15) is 23.5 Å². The molecule has 0 aromatic heterocycles. The number of hydrogen-bond donors (Lipinski definition) is 0. The van der Waals surface area contributed by atoms with Gasteiger partial charge in [-0.05, 0) is 55.0 Å². The maximum absolute atomic E-state index is 13.8. The van der Waals surface area contributed by atoms with E-state index in [2.05, 4.69) is 0 Å². The zero-order valence-corrected chi connectivity index (χ0v) is 18.6. The third-order valence-electron chi connectivity index (χ3n) is 6.14. The summed E-state index contributed by atoms with van der Waals surface area (Å²) >= 11 is 0. The summed E-state index contributed by atoms with van der Waals surface area (Å²) in [5.74, 6) is -0.223. The Morgan fingerprint density at radius 2 is 1.58 bits per heavy atom. The van der Waals surface area contributed by atoms with Gasteiger partial charge in [-0.15, -0.1) is 0 Å². The molecular formula is C26H24N2O5. The summed E-state index contributed by atoms with van der Waals surface area (Å²) < 4.78 is 11.1. The Balaban J connectivity index is 1.64. The monoisotopic (exact) mass is 444 g/mol. The standard InChI is InChI=1S/C26H24N2O5/c1-16-8-7-11-18(14-16)27-25(29)22-23(20-15-19(31-2)12-13-21(20)32-3)28(33-24(22)26(27)30)17-9-5-4-6-10-17/h4-15,22-24H,1-3H3/t22-,23+,24+/m0/s1. The van der Waals surface area contributed by atoms with Crippen molar-refractivity contribution in [1.29, 1.82) is 0 Å². The molecule has 2 heterocycles. The normalized spacial score (nSPS) is 22.0. The zero-order chi connectivity index (χ0) is 23.1. The van der Waals surface area contributed by atoms with Crippen LogP contribution >= 0.6 is 0 Å². The molecule has 0 unspecified atom stereocenters. The number of hydroxylamine groups is 1. The number of imide groups is 1. The van der Waals surface area contributed by atoms with Crippen molar-refractivity contribution in [2.75, 3.05) is 24.2 Å². The molecule has 2 fully saturated rings. The fourth-order valence-electron chi connectivity index (χ4n) is 4.62. The first kappa shape index (κ1) is 21.0. The van der Waals surface area contributed by atoms with E-state index < -0.39 is 18.1 Å². The zero-order valence-electron chi connectivity index (χ0n) is 18.6. The summed E-state index contributed by atoms with van der Waals surface area (Å²) in [7, 11) is 3.16. The van der Waals surface area contributed by atoms with Gasteiger partial charge in [0.25, 0.3) is 5.91 Å². The van der Waals surface area contributed by atoms with E-state index >= 15 is 0 Å². The third-order valence-corrected chi connectivity index (χ3v) is 6.14. The Morgan fingerprint density at radius 3 is 2.27 bits per heavy atom. The average molecular weight is 444 g/mol. The van der Waals surface area contributed by atoms with E-state index in [4.69, 9.17) is 14.3 Å². The fourth-order valence-corrected chi connectivity index (χ4v) is 4.62. The molecule has 7 nitrogen and oxygen atoms in total. The van der Waals surface area contributed by atoms with E-state index in [0.29, 0.717) is 22.7 Å². The van der Waals surface area contributed by atoms with Crippen molar-refractivity contribution in [3.05, 3.63) is 83.9 Å². The van der Waals surface area contributed by atoms with Crippen LogP contribution < -0.4 is 19.4 Å². The highest BCUT2D eigenvalue weighted by atomic mass is 16.7. The second-order valence-corrected chi connectivity index (χ2v) is 8.12. The Hall–Kier alpha value is -3.84. The lowest BCUT2D eigenvalue weighted by atomic mass is 9.89. The highest BCUT2D eigenvalue weighted by molar-refractivity contribution is 6.24. The maximum atomic E-state index is 13.8. The maximum Gasteiger partial charge on any atom is 0.266 e. The first-order valence-electron chi connectivity index (χ1n) is 10.7. The van der Waals surface area contributed by atoms with Gasteiger partial charge < -0.3 is 9.47 Å². The van der Waals surface area contributed by atoms with E-state index in [1.165, 1.54) is 4.90 Å². The minimum Gasteiger partial charge on any atom is -0.497 e. The molecule has 0 radical (unpaired) electrons. The number of methoxy groups -OCH3 is 2. The molecule has 3 aromatic rings. The van der Waals surface area contributed by atoms with Crippen LogP contribution in [0, 0.1) is 12.8 Å². The van der Waals surface area contributed by atoms with Crippen LogP contribution in [0.3, 0.4) is 0 Å². The van der Waals surface area contributed by atoms with Crippen molar-refractivity contribution in [3.8, 4) is 11.5 Å². The molecule has 0 N–H and O–H groups in total. The van der Waals surface area contributed by atoms with Crippen molar-refractivity contribution in [1.82, 2.24) is 0 Å². The Kier molecular flexibility index (Phi) is 5.26. The SMILES string of the molecule is COc1ccc(OC)c([C@@H]2[C@@H]3C(=O)N(c4cccc(C)c4)C(=O)[C@@H]3ON2c2ccccc2)c1. The second-order valence-electron chi connectivity index (χ2n) is 8.12. The number of nitrogens with zero attached hydrogens (tertiary/aromatic N) is 2. The van der Waals surface area contributed by atoms with Gasteiger partial charge in [-0.1, -0.05) is 30.3 Å².